The van der Waals surface area contributed by atoms with Crippen LogP contribution in [-0.4, -0.2) is 38.8 Å². The highest BCUT2D eigenvalue weighted by atomic mass is 35.5. The second-order valence-electron chi connectivity index (χ2n) is 7.37. The van der Waals surface area contributed by atoms with Gasteiger partial charge in [0.2, 0.25) is 15.9 Å². The van der Waals surface area contributed by atoms with Crippen molar-refractivity contribution in [2.45, 2.75) is 45.6 Å². The van der Waals surface area contributed by atoms with Gasteiger partial charge >= 0.3 is 0 Å². The Labute approximate surface area is 184 Å². The van der Waals surface area contributed by atoms with E-state index in [0.717, 1.165) is 21.0 Å². The van der Waals surface area contributed by atoms with Gasteiger partial charge in [-0.3, -0.25) is 4.79 Å². The molecule has 0 fully saturated rings. The molecule has 2 aromatic rings. The number of ether oxygens (including phenoxy) is 1. The van der Waals surface area contributed by atoms with Crippen molar-refractivity contribution in [3.8, 4) is 5.75 Å². The molecule has 0 aliphatic carbocycles. The van der Waals surface area contributed by atoms with Crippen molar-refractivity contribution in [2.24, 2.45) is 0 Å². The molecule has 30 heavy (non-hydrogen) atoms. The van der Waals surface area contributed by atoms with E-state index < -0.39 is 10.0 Å². The number of halogens is 1. The molecule has 0 saturated heterocycles. The van der Waals surface area contributed by atoms with E-state index in [1.807, 2.05) is 34.6 Å². The van der Waals surface area contributed by atoms with Crippen LogP contribution in [0.3, 0.4) is 0 Å². The van der Waals surface area contributed by atoms with Crippen LogP contribution >= 0.6 is 11.6 Å². The molecular weight excluding hydrogens is 424 g/mol. The molecule has 0 radical (unpaired) electrons. The van der Waals surface area contributed by atoms with Crippen LogP contribution in [0.5, 0.6) is 5.75 Å². The lowest BCUT2D eigenvalue weighted by atomic mass is 9.96. The Kier molecular flexibility index (Phi) is 7.91. The quantitative estimate of drug-likeness (QED) is 0.652. The molecule has 0 bridgehead atoms. The number of hydrogen-bond acceptors (Lipinski definition) is 4. The van der Waals surface area contributed by atoms with Crippen LogP contribution in [0.15, 0.2) is 35.2 Å². The number of amides is 1. The van der Waals surface area contributed by atoms with Crippen molar-refractivity contribution in [3.05, 3.63) is 57.6 Å². The van der Waals surface area contributed by atoms with Crippen LogP contribution in [0.25, 0.3) is 0 Å². The molecule has 0 spiro atoms. The van der Waals surface area contributed by atoms with E-state index >= 15 is 0 Å². The van der Waals surface area contributed by atoms with Crippen LogP contribution in [0.1, 0.15) is 42.1 Å². The van der Waals surface area contributed by atoms with Crippen molar-refractivity contribution < 1.29 is 17.9 Å². The molecule has 164 valence electrons. The largest absolute Gasteiger partial charge is 0.492 e. The average molecular weight is 453 g/mol. The van der Waals surface area contributed by atoms with Crippen molar-refractivity contribution in [1.29, 1.82) is 0 Å². The molecule has 0 heterocycles. The summed E-state index contributed by atoms with van der Waals surface area (Å²) in [5.41, 5.74) is 4.42. The fraction of sp³-hybridized carbons (Fsp3) is 0.409. The first kappa shape index (κ1) is 24.2. The minimum absolute atomic E-state index is 0.00399. The molecule has 1 unspecified atom stereocenters. The molecule has 6 nitrogen and oxygen atoms in total. The van der Waals surface area contributed by atoms with E-state index in [0.29, 0.717) is 12.4 Å². The van der Waals surface area contributed by atoms with Crippen LogP contribution in [0.4, 0.5) is 0 Å². The number of sulfonamides is 1. The molecule has 0 aliphatic heterocycles. The van der Waals surface area contributed by atoms with Crippen LogP contribution in [0, 0.1) is 20.8 Å². The van der Waals surface area contributed by atoms with Crippen LogP contribution in [0.2, 0.25) is 5.02 Å². The van der Waals surface area contributed by atoms with Crippen molar-refractivity contribution >= 4 is 27.5 Å². The minimum atomic E-state index is -3.88. The normalized spacial score (nSPS) is 12.7. The summed E-state index contributed by atoms with van der Waals surface area (Å²) in [5, 5.41) is 3.09. The fourth-order valence-corrected chi connectivity index (χ4v) is 4.65. The number of aryl methyl sites for hydroxylation is 3. The molecule has 2 rings (SSSR count). The maximum absolute atomic E-state index is 12.8. The zero-order valence-electron chi connectivity index (χ0n) is 18.2. The number of carbonyl (C=O) groups excluding carboxylic acids is 1. The maximum Gasteiger partial charge on any atom is 0.243 e. The molecule has 1 N–H and O–H groups in total. The SMILES string of the molecule is CCOc1ccc(S(=O)(=O)N(C)CC(=O)NC(C)c2cc(C)c(C)cc2C)cc1Cl. The lowest BCUT2D eigenvalue weighted by molar-refractivity contribution is -0.121. The molecule has 1 amide bonds. The Morgan fingerprint density at radius 3 is 2.37 bits per heavy atom. The Morgan fingerprint density at radius 2 is 1.77 bits per heavy atom. The average Bonchev–Trinajstić information content (AvgIpc) is 2.66. The van der Waals surface area contributed by atoms with Crippen LogP contribution < -0.4 is 10.1 Å². The molecule has 0 aliphatic rings. The molecular formula is C22H29ClN2O4S. The van der Waals surface area contributed by atoms with E-state index in [9.17, 15) is 13.2 Å². The van der Waals surface area contributed by atoms with E-state index in [2.05, 4.69) is 17.4 Å². The van der Waals surface area contributed by atoms with Crippen molar-refractivity contribution in [2.75, 3.05) is 20.2 Å². The predicted octanol–water partition coefficient (Wildman–Crippen LogP) is 4.16. The predicted molar refractivity (Wildman–Crippen MR) is 120 cm³/mol. The van der Waals surface area contributed by atoms with Gasteiger partial charge in [0, 0.05) is 7.05 Å². The Bertz CT molecular complexity index is 1040. The highest BCUT2D eigenvalue weighted by molar-refractivity contribution is 7.89. The van der Waals surface area contributed by atoms with Gasteiger partial charge in [-0.1, -0.05) is 23.7 Å². The Morgan fingerprint density at radius 1 is 1.13 bits per heavy atom. The molecule has 0 saturated carbocycles. The fourth-order valence-electron chi connectivity index (χ4n) is 3.20. The first-order valence-electron chi connectivity index (χ1n) is 9.73. The summed E-state index contributed by atoms with van der Waals surface area (Å²) in [6.45, 7) is 9.88. The first-order chi connectivity index (χ1) is 14.0. The van der Waals surface area contributed by atoms with Gasteiger partial charge in [-0.15, -0.1) is 0 Å². The summed E-state index contributed by atoms with van der Waals surface area (Å²) >= 11 is 6.11. The number of likely N-dealkylation sites (N-methyl/N-ethyl adjacent to an activating group) is 1. The number of carbonyl (C=O) groups is 1. The van der Waals surface area contributed by atoms with Crippen molar-refractivity contribution in [3.63, 3.8) is 0 Å². The standard InChI is InChI=1S/C22H29ClN2O4S/c1-7-29-21-9-8-18(12-20(21)23)30(27,28)25(6)13-22(26)24-17(5)19-11-15(3)14(2)10-16(19)4/h8-12,17H,7,13H2,1-6H3,(H,24,26). The summed E-state index contributed by atoms with van der Waals surface area (Å²) in [4.78, 5) is 12.5. The summed E-state index contributed by atoms with van der Waals surface area (Å²) in [7, 11) is -2.51. The number of nitrogens with zero attached hydrogens (tertiary/aromatic N) is 1. The van der Waals surface area contributed by atoms with Gasteiger partial charge in [0.25, 0.3) is 0 Å². The van der Waals surface area contributed by atoms with Gasteiger partial charge < -0.3 is 10.1 Å². The minimum Gasteiger partial charge on any atom is -0.492 e. The Balaban J connectivity index is 2.11. The summed E-state index contributed by atoms with van der Waals surface area (Å²) in [6.07, 6.45) is 0. The van der Waals surface area contributed by atoms with Gasteiger partial charge in [-0.25, -0.2) is 8.42 Å². The smallest absolute Gasteiger partial charge is 0.243 e. The highest BCUT2D eigenvalue weighted by Gasteiger charge is 2.25. The van der Waals surface area contributed by atoms with E-state index in [-0.39, 0.29) is 28.4 Å². The Hall–Kier alpha value is -2.09. The van der Waals surface area contributed by atoms with Crippen LogP contribution in [-0.2, 0) is 14.8 Å². The summed E-state index contributed by atoms with van der Waals surface area (Å²) < 4.78 is 32.0. The number of hydrogen-bond donors (Lipinski definition) is 1. The van der Waals surface area contributed by atoms with Gasteiger partial charge in [-0.05, 0) is 75.1 Å². The molecule has 8 heteroatoms. The lowest BCUT2D eigenvalue weighted by Gasteiger charge is -2.21. The van der Waals surface area contributed by atoms with E-state index in [4.69, 9.17) is 16.3 Å². The van der Waals surface area contributed by atoms with Gasteiger partial charge in [0.15, 0.2) is 0 Å². The monoisotopic (exact) mass is 452 g/mol. The van der Waals surface area contributed by atoms with E-state index in [1.54, 1.807) is 0 Å². The number of rotatable bonds is 8. The molecule has 0 aromatic heterocycles. The summed E-state index contributed by atoms with van der Waals surface area (Å²) in [5.74, 6) is 0.0272. The zero-order valence-corrected chi connectivity index (χ0v) is 19.8. The third-order valence-electron chi connectivity index (χ3n) is 5.00. The second kappa shape index (κ2) is 9.81. The van der Waals surface area contributed by atoms with E-state index in [1.165, 1.54) is 30.8 Å². The highest BCUT2D eigenvalue weighted by Crippen LogP contribution is 2.28. The molecule has 2 aromatic carbocycles. The lowest BCUT2D eigenvalue weighted by Crippen LogP contribution is -2.39. The number of benzene rings is 2. The third kappa shape index (κ3) is 5.53. The maximum atomic E-state index is 12.8. The third-order valence-corrected chi connectivity index (χ3v) is 7.10. The molecule has 1 atom stereocenters. The van der Waals surface area contributed by atoms with Gasteiger partial charge in [-0.2, -0.15) is 4.31 Å². The van der Waals surface area contributed by atoms with Gasteiger partial charge in [0.05, 0.1) is 29.1 Å². The zero-order chi connectivity index (χ0) is 22.6. The topological polar surface area (TPSA) is 75.7 Å². The second-order valence-corrected chi connectivity index (χ2v) is 9.82. The summed E-state index contributed by atoms with van der Waals surface area (Å²) in [6, 6.07) is 8.15. The van der Waals surface area contributed by atoms with Gasteiger partial charge in [0.1, 0.15) is 5.75 Å². The first-order valence-corrected chi connectivity index (χ1v) is 11.5. The number of nitrogens with one attached hydrogen (secondary N) is 1. The van der Waals surface area contributed by atoms with Crippen molar-refractivity contribution in [1.82, 2.24) is 9.62 Å².